The Kier molecular flexibility index (Phi) is 4.36. The van der Waals surface area contributed by atoms with Crippen LogP contribution in [0.25, 0.3) is 17.4 Å². The summed E-state index contributed by atoms with van der Waals surface area (Å²) in [5.74, 6) is 0.0725. The average molecular weight is 309 g/mol. The van der Waals surface area contributed by atoms with Gasteiger partial charge in [0.25, 0.3) is 11.6 Å². The van der Waals surface area contributed by atoms with Crippen LogP contribution in [0.1, 0.15) is 5.76 Å². The third-order valence-corrected chi connectivity index (χ3v) is 2.88. The lowest BCUT2D eigenvalue weighted by Gasteiger charge is -2.00. The number of nitro benzene ring substituents is 1. The number of nitrogens with zero attached hydrogens (tertiary/aromatic N) is 1. The van der Waals surface area contributed by atoms with Gasteiger partial charge in [-0.15, -0.1) is 0 Å². The average Bonchev–Trinajstić information content (AvgIpc) is 2.93. The monoisotopic (exact) mass is 308 g/mol. The number of hydroxylamine groups is 1. The van der Waals surface area contributed by atoms with Crippen LogP contribution < -0.4 is 5.48 Å². The van der Waals surface area contributed by atoms with Crippen LogP contribution in [0.3, 0.4) is 0 Å². The number of benzene rings is 1. The molecule has 2 aromatic rings. The van der Waals surface area contributed by atoms with Crippen molar-refractivity contribution >= 4 is 29.3 Å². The predicted molar refractivity (Wildman–Crippen MR) is 74.8 cm³/mol. The van der Waals surface area contributed by atoms with E-state index in [0.717, 1.165) is 6.08 Å². The molecular formula is C13H9ClN2O5. The Bertz CT molecular complexity index is 723. The van der Waals surface area contributed by atoms with Gasteiger partial charge in [-0.3, -0.25) is 20.1 Å². The van der Waals surface area contributed by atoms with E-state index in [1.54, 1.807) is 12.1 Å². The molecule has 0 radical (unpaired) electrons. The van der Waals surface area contributed by atoms with Gasteiger partial charge in [-0.2, -0.15) is 0 Å². The number of non-ortho nitro benzene ring substituents is 1. The molecule has 108 valence electrons. The van der Waals surface area contributed by atoms with E-state index in [2.05, 4.69) is 0 Å². The Hall–Kier alpha value is -2.64. The molecule has 0 saturated carbocycles. The lowest BCUT2D eigenvalue weighted by molar-refractivity contribution is -0.384. The molecule has 0 aliphatic rings. The summed E-state index contributed by atoms with van der Waals surface area (Å²) in [7, 11) is 0. The topological polar surface area (TPSA) is 106 Å². The molecule has 2 N–H and O–H groups in total. The summed E-state index contributed by atoms with van der Waals surface area (Å²) in [6.45, 7) is 0. The summed E-state index contributed by atoms with van der Waals surface area (Å²) < 4.78 is 5.44. The fourth-order valence-corrected chi connectivity index (χ4v) is 1.87. The Morgan fingerprint density at radius 2 is 2.14 bits per heavy atom. The van der Waals surface area contributed by atoms with Crippen molar-refractivity contribution in [3.63, 3.8) is 0 Å². The van der Waals surface area contributed by atoms with Crippen LogP contribution in [-0.4, -0.2) is 16.0 Å². The van der Waals surface area contributed by atoms with Crippen LogP contribution in [0.15, 0.2) is 40.8 Å². The van der Waals surface area contributed by atoms with Crippen molar-refractivity contribution in [1.82, 2.24) is 5.48 Å². The first-order valence-electron chi connectivity index (χ1n) is 5.67. The number of furan rings is 1. The molecule has 8 heteroatoms. The molecular weight excluding hydrogens is 300 g/mol. The van der Waals surface area contributed by atoms with Gasteiger partial charge in [0, 0.05) is 23.8 Å². The third-order valence-electron chi connectivity index (χ3n) is 2.56. The predicted octanol–water partition coefficient (Wildman–Crippen LogP) is 3.03. The van der Waals surface area contributed by atoms with E-state index in [4.69, 9.17) is 21.2 Å². The minimum absolute atomic E-state index is 0.116. The Balaban J connectivity index is 2.27. The van der Waals surface area contributed by atoms with Gasteiger partial charge in [-0.1, -0.05) is 11.6 Å². The van der Waals surface area contributed by atoms with Crippen LogP contribution >= 0.6 is 11.6 Å². The Labute approximate surface area is 123 Å². The van der Waals surface area contributed by atoms with Gasteiger partial charge in [0.15, 0.2) is 0 Å². The number of hydrogen-bond donors (Lipinski definition) is 2. The molecule has 0 fully saturated rings. The van der Waals surface area contributed by atoms with Gasteiger partial charge < -0.3 is 4.42 Å². The fraction of sp³-hybridized carbons (Fsp3) is 0. The van der Waals surface area contributed by atoms with Crippen LogP contribution in [0.2, 0.25) is 5.02 Å². The van der Waals surface area contributed by atoms with Crippen molar-refractivity contribution in [2.24, 2.45) is 0 Å². The second-order valence-electron chi connectivity index (χ2n) is 3.93. The summed E-state index contributed by atoms with van der Waals surface area (Å²) >= 11 is 5.99. The molecule has 0 bridgehead atoms. The molecule has 0 saturated heterocycles. The van der Waals surface area contributed by atoms with Crippen molar-refractivity contribution in [2.75, 3.05) is 0 Å². The third kappa shape index (κ3) is 3.47. The molecule has 0 spiro atoms. The van der Waals surface area contributed by atoms with Crippen LogP contribution in [0, 0.1) is 10.1 Å². The van der Waals surface area contributed by atoms with E-state index in [-0.39, 0.29) is 10.7 Å². The lowest BCUT2D eigenvalue weighted by Crippen LogP contribution is -2.14. The van der Waals surface area contributed by atoms with E-state index in [9.17, 15) is 14.9 Å². The quantitative estimate of drug-likeness (QED) is 0.391. The highest BCUT2D eigenvalue weighted by Gasteiger charge is 2.13. The molecule has 0 aliphatic carbocycles. The van der Waals surface area contributed by atoms with Crippen LogP contribution in [0.5, 0.6) is 0 Å². The zero-order valence-corrected chi connectivity index (χ0v) is 11.2. The minimum atomic E-state index is -0.693. The molecule has 21 heavy (non-hydrogen) atoms. The summed E-state index contributed by atoms with van der Waals surface area (Å²) in [6.07, 6.45) is 2.44. The molecule has 1 amide bonds. The molecule has 1 aromatic heterocycles. The van der Waals surface area contributed by atoms with Gasteiger partial charge in [0.2, 0.25) is 0 Å². The lowest BCUT2D eigenvalue weighted by atomic mass is 10.1. The van der Waals surface area contributed by atoms with E-state index < -0.39 is 10.8 Å². The minimum Gasteiger partial charge on any atom is -0.457 e. The standard InChI is InChI=1S/C13H9ClN2O5/c14-11-7-8(16(19)20)1-4-10(11)12-5-2-9(21-12)3-6-13(17)15-18/h1-7,18H,(H,15,17)/b6-3+. The Morgan fingerprint density at radius 1 is 1.38 bits per heavy atom. The Morgan fingerprint density at radius 3 is 2.76 bits per heavy atom. The van der Waals surface area contributed by atoms with E-state index in [1.807, 2.05) is 0 Å². The maximum absolute atomic E-state index is 10.8. The van der Waals surface area contributed by atoms with E-state index in [1.165, 1.54) is 29.8 Å². The molecule has 7 nitrogen and oxygen atoms in total. The second-order valence-corrected chi connectivity index (χ2v) is 4.34. The molecule has 0 unspecified atom stereocenters. The van der Waals surface area contributed by atoms with Crippen molar-refractivity contribution in [2.45, 2.75) is 0 Å². The number of nitro groups is 1. The van der Waals surface area contributed by atoms with Gasteiger partial charge in [-0.05, 0) is 24.3 Å². The molecule has 2 rings (SSSR count). The first-order valence-corrected chi connectivity index (χ1v) is 6.05. The van der Waals surface area contributed by atoms with E-state index in [0.29, 0.717) is 17.1 Å². The zero-order valence-electron chi connectivity index (χ0n) is 10.4. The van der Waals surface area contributed by atoms with Gasteiger partial charge >= 0.3 is 0 Å². The molecule has 1 heterocycles. The first-order chi connectivity index (χ1) is 10.0. The highest BCUT2D eigenvalue weighted by molar-refractivity contribution is 6.33. The summed E-state index contributed by atoms with van der Waals surface area (Å²) in [4.78, 5) is 20.9. The molecule has 0 atom stereocenters. The number of nitrogens with one attached hydrogen (secondary N) is 1. The fourth-order valence-electron chi connectivity index (χ4n) is 1.60. The number of halogens is 1. The maximum Gasteiger partial charge on any atom is 0.270 e. The van der Waals surface area contributed by atoms with Gasteiger partial charge in [0.1, 0.15) is 11.5 Å². The van der Waals surface area contributed by atoms with Crippen molar-refractivity contribution in [3.8, 4) is 11.3 Å². The van der Waals surface area contributed by atoms with Crippen molar-refractivity contribution < 1.29 is 19.3 Å². The number of rotatable bonds is 4. The summed E-state index contributed by atoms with van der Waals surface area (Å²) in [6, 6.07) is 7.23. The zero-order chi connectivity index (χ0) is 15.4. The smallest absolute Gasteiger partial charge is 0.270 e. The second kappa shape index (κ2) is 6.21. The van der Waals surface area contributed by atoms with Gasteiger partial charge in [0.05, 0.1) is 9.95 Å². The number of amides is 1. The number of carbonyl (C=O) groups is 1. The van der Waals surface area contributed by atoms with Crippen LogP contribution in [-0.2, 0) is 4.79 Å². The number of hydrogen-bond acceptors (Lipinski definition) is 5. The number of carbonyl (C=O) groups excluding carboxylic acids is 1. The SMILES string of the molecule is O=C(/C=C/c1ccc(-c2ccc([N+](=O)[O-])cc2Cl)o1)NO. The van der Waals surface area contributed by atoms with Gasteiger partial charge in [-0.25, -0.2) is 5.48 Å². The normalized spacial score (nSPS) is 10.8. The molecule has 1 aromatic carbocycles. The van der Waals surface area contributed by atoms with Crippen LogP contribution in [0.4, 0.5) is 5.69 Å². The summed E-state index contributed by atoms with van der Waals surface area (Å²) in [5, 5.41) is 19.2. The van der Waals surface area contributed by atoms with Crippen molar-refractivity contribution in [3.05, 3.63) is 57.3 Å². The largest absolute Gasteiger partial charge is 0.457 e. The first kappa shape index (κ1) is 14.8. The maximum atomic E-state index is 10.8. The van der Waals surface area contributed by atoms with E-state index >= 15 is 0 Å². The molecule has 0 aliphatic heterocycles. The summed E-state index contributed by atoms with van der Waals surface area (Å²) in [5.41, 5.74) is 1.83. The highest BCUT2D eigenvalue weighted by atomic mass is 35.5. The highest BCUT2D eigenvalue weighted by Crippen LogP contribution is 2.32. The van der Waals surface area contributed by atoms with Crippen molar-refractivity contribution in [1.29, 1.82) is 0 Å².